The highest BCUT2D eigenvalue weighted by Crippen LogP contribution is 2.25. The Balaban J connectivity index is 1.47. The van der Waals surface area contributed by atoms with Crippen LogP contribution in [0.1, 0.15) is 18.1 Å². The lowest BCUT2D eigenvalue weighted by atomic mass is 10.1. The molecule has 8 nitrogen and oxygen atoms in total. The number of nitrogens with zero attached hydrogens (tertiary/aromatic N) is 5. The van der Waals surface area contributed by atoms with E-state index in [4.69, 9.17) is 4.52 Å². The van der Waals surface area contributed by atoms with Crippen molar-refractivity contribution in [2.75, 3.05) is 11.1 Å². The number of anilines is 1. The molecule has 2 aromatic carbocycles. The molecule has 0 saturated heterocycles. The monoisotopic (exact) mass is 434 g/mol. The van der Waals surface area contributed by atoms with Crippen LogP contribution in [-0.2, 0) is 11.3 Å². The summed E-state index contributed by atoms with van der Waals surface area (Å²) in [5, 5.41) is 16.1. The van der Waals surface area contributed by atoms with Gasteiger partial charge < -0.3 is 9.84 Å². The van der Waals surface area contributed by atoms with Crippen molar-refractivity contribution in [3.05, 3.63) is 59.7 Å². The second-order valence-corrected chi connectivity index (χ2v) is 7.94. The molecule has 0 aliphatic heterocycles. The van der Waals surface area contributed by atoms with E-state index < -0.39 is 0 Å². The summed E-state index contributed by atoms with van der Waals surface area (Å²) < 4.78 is 7.28. The van der Waals surface area contributed by atoms with Gasteiger partial charge in [-0.15, -0.1) is 10.2 Å². The highest BCUT2D eigenvalue weighted by Gasteiger charge is 2.20. The van der Waals surface area contributed by atoms with Gasteiger partial charge in [-0.2, -0.15) is 4.98 Å². The Labute approximate surface area is 184 Å². The molecule has 0 unspecified atom stereocenters. The van der Waals surface area contributed by atoms with E-state index in [1.807, 2.05) is 73.9 Å². The molecule has 0 spiro atoms. The van der Waals surface area contributed by atoms with Crippen LogP contribution >= 0.6 is 11.8 Å². The molecular weight excluding hydrogens is 412 g/mol. The topological polar surface area (TPSA) is 98.7 Å². The first kappa shape index (κ1) is 20.8. The Morgan fingerprint density at radius 2 is 1.94 bits per heavy atom. The van der Waals surface area contributed by atoms with Gasteiger partial charge in [-0.1, -0.05) is 59.4 Å². The lowest BCUT2D eigenvalue weighted by Crippen LogP contribution is -2.15. The Hall–Kier alpha value is -3.46. The minimum Gasteiger partial charge on any atom is -0.330 e. The van der Waals surface area contributed by atoms with Crippen molar-refractivity contribution in [3.63, 3.8) is 0 Å². The average Bonchev–Trinajstić information content (AvgIpc) is 3.42. The van der Waals surface area contributed by atoms with Gasteiger partial charge in [0.2, 0.25) is 17.6 Å². The number of aromatic nitrogens is 5. The zero-order chi connectivity index (χ0) is 21.8. The fraction of sp³-hybridized carbons (Fsp3) is 0.227. The van der Waals surface area contributed by atoms with E-state index in [2.05, 4.69) is 25.7 Å². The number of nitrogens with one attached hydrogen (secondary N) is 1. The van der Waals surface area contributed by atoms with Crippen molar-refractivity contribution in [1.29, 1.82) is 0 Å². The van der Waals surface area contributed by atoms with Gasteiger partial charge in [0, 0.05) is 17.8 Å². The van der Waals surface area contributed by atoms with Crippen LogP contribution in [0.4, 0.5) is 5.69 Å². The first-order valence-electron chi connectivity index (χ1n) is 9.87. The van der Waals surface area contributed by atoms with Crippen molar-refractivity contribution >= 4 is 23.4 Å². The van der Waals surface area contributed by atoms with Crippen molar-refractivity contribution in [2.45, 2.75) is 32.5 Å². The molecule has 1 amide bonds. The summed E-state index contributed by atoms with van der Waals surface area (Å²) in [6.45, 7) is 6.54. The van der Waals surface area contributed by atoms with Crippen molar-refractivity contribution in [3.8, 4) is 23.1 Å². The van der Waals surface area contributed by atoms with Crippen LogP contribution < -0.4 is 5.32 Å². The van der Waals surface area contributed by atoms with Crippen LogP contribution in [-0.4, -0.2) is 36.6 Å². The third kappa shape index (κ3) is 4.66. The molecule has 0 fully saturated rings. The summed E-state index contributed by atoms with van der Waals surface area (Å²) >= 11 is 1.32. The SMILES string of the molecule is CCn1c(SCC(=O)Nc2cc(C)ccc2C)nnc1-c1nc(-c2ccccc2)no1. The number of thioether (sulfide) groups is 1. The first-order chi connectivity index (χ1) is 15.0. The number of hydrogen-bond donors (Lipinski definition) is 1. The number of rotatable bonds is 7. The minimum absolute atomic E-state index is 0.102. The summed E-state index contributed by atoms with van der Waals surface area (Å²) in [6.07, 6.45) is 0. The van der Waals surface area contributed by atoms with E-state index in [1.165, 1.54) is 11.8 Å². The predicted molar refractivity (Wildman–Crippen MR) is 120 cm³/mol. The number of carbonyl (C=O) groups is 1. The minimum atomic E-state index is -0.102. The Kier molecular flexibility index (Phi) is 6.13. The van der Waals surface area contributed by atoms with E-state index in [0.29, 0.717) is 29.2 Å². The quantitative estimate of drug-likeness (QED) is 0.431. The maximum atomic E-state index is 12.5. The number of carbonyl (C=O) groups excluding carboxylic acids is 1. The fourth-order valence-electron chi connectivity index (χ4n) is 3.04. The highest BCUT2D eigenvalue weighted by molar-refractivity contribution is 7.99. The first-order valence-corrected chi connectivity index (χ1v) is 10.9. The number of amides is 1. The Bertz CT molecular complexity index is 1200. The molecule has 4 rings (SSSR count). The van der Waals surface area contributed by atoms with Gasteiger partial charge in [-0.05, 0) is 38.0 Å². The molecule has 4 aromatic rings. The zero-order valence-corrected chi connectivity index (χ0v) is 18.3. The van der Waals surface area contributed by atoms with Crippen molar-refractivity contribution in [2.24, 2.45) is 0 Å². The largest absolute Gasteiger partial charge is 0.330 e. The lowest BCUT2D eigenvalue weighted by Gasteiger charge is -2.09. The van der Waals surface area contributed by atoms with Crippen LogP contribution in [0.25, 0.3) is 23.1 Å². The number of hydrogen-bond acceptors (Lipinski definition) is 7. The van der Waals surface area contributed by atoms with Crippen molar-refractivity contribution < 1.29 is 9.32 Å². The standard InChI is InChI=1S/C22H22N6O2S/c1-4-28-20(21-24-19(27-30-21)16-8-6-5-7-9-16)25-26-22(28)31-13-18(29)23-17-12-14(2)10-11-15(17)3/h5-12H,4,13H2,1-3H3,(H,23,29). The van der Waals surface area contributed by atoms with Crippen molar-refractivity contribution in [1.82, 2.24) is 24.9 Å². The average molecular weight is 435 g/mol. The van der Waals surface area contributed by atoms with Crippen LogP contribution in [0, 0.1) is 13.8 Å². The van der Waals surface area contributed by atoms with E-state index in [9.17, 15) is 4.79 Å². The second-order valence-electron chi connectivity index (χ2n) is 6.99. The van der Waals surface area contributed by atoms with Gasteiger partial charge in [0.15, 0.2) is 5.16 Å². The summed E-state index contributed by atoms with van der Waals surface area (Å²) in [4.78, 5) is 16.9. The zero-order valence-electron chi connectivity index (χ0n) is 17.5. The molecule has 0 aliphatic rings. The maximum Gasteiger partial charge on any atom is 0.296 e. The molecular formula is C22H22N6O2S. The molecule has 2 aromatic heterocycles. The third-order valence-corrected chi connectivity index (χ3v) is 5.65. The number of benzene rings is 2. The third-order valence-electron chi connectivity index (χ3n) is 4.68. The summed E-state index contributed by atoms with van der Waals surface area (Å²) in [5.41, 5.74) is 3.80. The highest BCUT2D eigenvalue weighted by atomic mass is 32.2. The summed E-state index contributed by atoms with van der Waals surface area (Å²) in [5.74, 6) is 1.37. The van der Waals surface area contributed by atoms with Crippen LogP contribution in [0.15, 0.2) is 58.2 Å². The smallest absolute Gasteiger partial charge is 0.296 e. The van der Waals surface area contributed by atoms with E-state index >= 15 is 0 Å². The van der Waals surface area contributed by atoms with Gasteiger partial charge in [-0.3, -0.25) is 9.36 Å². The van der Waals surface area contributed by atoms with E-state index in [1.54, 1.807) is 0 Å². The molecule has 0 atom stereocenters. The molecule has 9 heteroatoms. The fourth-order valence-corrected chi connectivity index (χ4v) is 3.85. The van der Waals surface area contributed by atoms with E-state index in [-0.39, 0.29) is 11.7 Å². The molecule has 0 radical (unpaired) electrons. The lowest BCUT2D eigenvalue weighted by molar-refractivity contribution is -0.113. The molecule has 0 aliphatic carbocycles. The molecule has 0 bridgehead atoms. The molecule has 2 heterocycles. The normalized spacial score (nSPS) is 10.9. The Morgan fingerprint density at radius 3 is 2.71 bits per heavy atom. The van der Waals surface area contributed by atoms with E-state index in [0.717, 1.165) is 22.4 Å². The Morgan fingerprint density at radius 1 is 1.13 bits per heavy atom. The maximum absolute atomic E-state index is 12.5. The summed E-state index contributed by atoms with van der Waals surface area (Å²) in [6, 6.07) is 15.6. The van der Waals surface area contributed by atoms with Gasteiger partial charge in [0.25, 0.3) is 5.89 Å². The molecule has 0 saturated carbocycles. The molecule has 1 N–H and O–H groups in total. The van der Waals surface area contributed by atoms with Gasteiger partial charge in [0.05, 0.1) is 5.75 Å². The predicted octanol–water partition coefficient (Wildman–Crippen LogP) is 4.36. The van der Waals surface area contributed by atoms with Gasteiger partial charge >= 0.3 is 0 Å². The van der Waals surface area contributed by atoms with Crippen LogP contribution in [0.2, 0.25) is 0 Å². The molecule has 31 heavy (non-hydrogen) atoms. The molecule has 158 valence electrons. The number of aryl methyl sites for hydroxylation is 2. The van der Waals surface area contributed by atoms with Gasteiger partial charge in [0.1, 0.15) is 0 Å². The van der Waals surface area contributed by atoms with Crippen LogP contribution in [0.3, 0.4) is 0 Å². The van der Waals surface area contributed by atoms with Crippen LogP contribution in [0.5, 0.6) is 0 Å². The second kappa shape index (κ2) is 9.13. The van der Waals surface area contributed by atoms with Gasteiger partial charge in [-0.25, -0.2) is 0 Å². The summed E-state index contributed by atoms with van der Waals surface area (Å²) in [7, 11) is 0.